The summed E-state index contributed by atoms with van der Waals surface area (Å²) in [5, 5.41) is 0. The maximum atomic E-state index is 13.7. The topological polar surface area (TPSA) is 50.9 Å². The Labute approximate surface area is 103 Å². The lowest BCUT2D eigenvalue weighted by atomic mass is 10.1. The lowest BCUT2D eigenvalue weighted by Gasteiger charge is -2.14. The van der Waals surface area contributed by atoms with Crippen molar-refractivity contribution >= 4 is 11.3 Å². The van der Waals surface area contributed by atoms with E-state index in [2.05, 4.69) is 10.4 Å². The highest BCUT2D eigenvalue weighted by molar-refractivity contribution is 7.12. The zero-order valence-electron chi connectivity index (χ0n) is 9.70. The standard InChI is InChI=1S/C12H14FN3S/c1-7-5-11(17-8(7)2)12(16-14)9-3-4-15-6-10(9)13/h3-6,12,16H,14H2,1-2H3. The van der Waals surface area contributed by atoms with Gasteiger partial charge in [-0.3, -0.25) is 10.8 Å². The van der Waals surface area contributed by atoms with Gasteiger partial charge in [0.25, 0.3) is 0 Å². The minimum absolute atomic E-state index is 0.324. The van der Waals surface area contributed by atoms with Crippen LogP contribution in [0.2, 0.25) is 0 Å². The summed E-state index contributed by atoms with van der Waals surface area (Å²) in [6.45, 7) is 4.08. The SMILES string of the molecule is Cc1cc(C(NN)c2ccncc2F)sc1C. The van der Waals surface area contributed by atoms with Crippen LogP contribution in [0.5, 0.6) is 0 Å². The molecule has 0 bridgehead atoms. The molecule has 0 aliphatic rings. The molecule has 2 heterocycles. The van der Waals surface area contributed by atoms with Crippen LogP contribution in [0.3, 0.4) is 0 Å². The van der Waals surface area contributed by atoms with E-state index in [9.17, 15) is 4.39 Å². The third-order valence-electron chi connectivity index (χ3n) is 2.75. The summed E-state index contributed by atoms with van der Waals surface area (Å²) >= 11 is 1.62. The number of aryl methyl sites for hydroxylation is 2. The number of nitrogens with two attached hydrogens (primary N) is 1. The van der Waals surface area contributed by atoms with Crippen molar-refractivity contribution in [2.24, 2.45) is 5.84 Å². The van der Waals surface area contributed by atoms with Crippen molar-refractivity contribution in [2.45, 2.75) is 19.9 Å². The van der Waals surface area contributed by atoms with Crippen molar-refractivity contribution in [1.82, 2.24) is 10.4 Å². The van der Waals surface area contributed by atoms with Gasteiger partial charge in [-0.25, -0.2) is 9.82 Å². The second kappa shape index (κ2) is 4.91. The number of halogens is 1. The lowest BCUT2D eigenvalue weighted by Crippen LogP contribution is -2.29. The first-order chi connectivity index (χ1) is 8.13. The molecule has 1 unspecified atom stereocenters. The van der Waals surface area contributed by atoms with Gasteiger partial charge in [-0.1, -0.05) is 0 Å². The second-order valence-electron chi connectivity index (χ2n) is 3.88. The summed E-state index contributed by atoms with van der Waals surface area (Å²) in [4.78, 5) is 5.96. The molecule has 0 aromatic carbocycles. The Kier molecular flexibility index (Phi) is 3.51. The largest absolute Gasteiger partial charge is 0.271 e. The van der Waals surface area contributed by atoms with Crippen LogP contribution in [0.1, 0.15) is 26.9 Å². The smallest absolute Gasteiger partial charge is 0.146 e. The zero-order chi connectivity index (χ0) is 12.4. The molecule has 0 fully saturated rings. The molecular weight excluding hydrogens is 237 g/mol. The molecule has 2 aromatic heterocycles. The molecule has 0 saturated heterocycles. The number of nitrogens with one attached hydrogen (secondary N) is 1. The average molecular weight is 251 g/mol. The van der Waals surface area contributed by atoms with Crippen molar-refractivity contribution in [3.8, 4) is 0 Å². The third-order valence-corrected chi connectivity index (χ3v) is 3.97. The number of aromatic nitrogens is 1. The summed E-state index contributed by atoms with van der Waals surface area (Å²) in [5.74, 6) is 5.19. The molecule has 0 amide bonds. The summed E-state index contributed by atoms with van der Waals surface area (Å²) in [5.41, 5.74) is 4.37. The molecule has 3 nitrogen and oxygen atoms in total. The van der Waals surface area contributed by atoms with E-state index in [1.54, 1.807) is 23.6 Å². The van der Waals surface area contributed by atoms with Crippen molar-refractivity contribution in [3.63, 3.8) is 0 Å². The van der Waals surface area contributed by atoms with Crippen LogP contribution < -0.4 is 11.3 Å². The van der Waals surface area contributed by atoms with E-state index in [1.807, 2.05) is 19.9 Å². The van der Waals surface area contributed by atoms with Gasteiger partial charge in [0.1, 0.15) is 5.82 Å². The number of thiophene rings is 1. The van der Waals surface area contributed by atoms with E-state index >= 15 is 0 Å². The van der Waals surface area contributed by atoms with Gasteiger partial charge in [-0.2, -0.15) is 0 Å². The van der Waals surface area contributed by atoms with E-state index in [-0.39, 0.29) is 11.9 Å². The summed E-state index contributed by atoms with van der Waals surface area (Å²) < 4.78 is 13.7. The van der Waals surface area contributed by atoms with Crippen LogP contribution in [-0.2, 0) is 0 Å². The summed E-state index contributed by atoms with van der Waals surface area (Å²) in [6.07, 6.45) is 2.77. The molecule has 90 valence electrons. The minimum atomic E-state index is -0.348. The van der Waals surface area contributed by atoms with Crippen molar-refractivity contribution in [1.29, 1.82) is 0 Å². The van der Waals surface area contributed by atoms with Crippen LogP contribution in [0.15, 0.2) is 24.5 Å². The van der Waals surface area contributed by atoms with E-state index in [1.165, 1.54) is 16.6 Å². The van der Waals surface area contributed by atoms with Gasteiger partial charge in [-0.05, 0) is 31.5 Å². The number of hydrogen-bond donors (Lipinski definition) is 2. The molecule has 1 atom stereocenters. The minimum Gasteiger partial charge on any atom is -0.271 e. The lowest BCUT2D eigenvalue weighted by molar-refractivity contribution is 0.559. The highest BCUT2D eigenvalue weighted by Crippen LogP contribution is 2.31. The maximum absolute atomic E-state index is 13.7. The first-order valence-electron chi connectivity index (χ1n) is 5.26. The van der Waals surface area contributed by atoms with Crippen molar-refractivity contribution in [3.05, 3.63) is 51.2 Å². The Morgan fingerprint density at radius 2 is 2.24 bits per heavy atom. The Balaban J connectivity index is 2.44. The molecule has 5 heteroatoms. The Morgan fingerprint density at radius 3 is 2.76 bits per heavy atom. The first-order valence-corrected chi connectivity index (χ1v) is 6.07. The molecule has 2 aromatic rings. The molecule has 17 heavy (non-hydrogen) atoms. The number of nitrogens with zero attached hydrogens (tertiary/aromatic N) is 1. The summed E-state index contributed by atoms with van der Waals surface area (Å²) in [6, 6.07) is 3.35. The van der Waals surface area contributed by atoms with Crippen LogP contribution in [0.25, 0.3) is 0 Å². The quantitative estimate of drug-likeness (QED) is 0.651. The number of hydrazine groups is 1. The number of rotatable bonds is 3. The molecule has 0 saturated carbocycles. The molecule has 2 rings (SSSR count). The van der Waals surface area contributed by atoms with Crippen molar-refractivity contribution in [2.75, 3.05) is 0 Å². The van der Waals surface area contributed by atoms with Gasteiger partial charge in [0.2, 0.25) is 0 Å². The van der Waals surface area contributed by atoms with E-state index in [4.69, 9.17) is 5.84 Å². The monoisotopic (exact) mass is 251 g/mol. The Bertz CT molecular complexity index is 505. The van der Waals surface area contributed by atoms with Crippen LogP contribution >= 0.6 is 11.3 Å². The van der Waals surface area contributed by atoms with Crippen molar-refractivity contribution < 1.29 is 4.39 Å². The fraction of sp³-hybridized carbons (Fsp3) is 0.250. The Hall–Kier alpha value is -1.30. The van der Waals surface area contributed by atoms with Gasteiger partial charge in [0, 0.05) is 21.5 Å². The van der Waals surface area contributed by atoms with Gasteiger partial charge < -0.3 is 0 Å². The van der Waals surface area contributed by atoms with Crippen LogP contribution in [0.4, 0.5) is 4.39 Å². The van der Waals surface area contributed by atoms with Crippen LogP contribution in [0, 0.1) is 19.7 Å². The van der Waals surface area contributed by atoms with Crippen LogP contribution in [-0.4, -0.2) is 4.98 Å². The van der Waals surface area contributed by atoms with Gasteiger partial charge >= 0.3 is 0 Å². The Morgan fingerprint density at radius 1 is 1.47 bits per heavy atom. The molecule has 0 aliphatic heterocycles. The average Bonchev–Trinajstić information content (AvgIpc) is 2.63. The zero-order valence-corrected chi connectivity index (χ0v) is 10.5. The molecule has 0 spiro atoms. The predicted octanol–water partition coefficient (Wildman–Crippen LogP) is 2.45. The highest BCUT2D eigenvalue weighted by atomic mass is 32.1. The fourth-order valence-electron chi connectivity index (χ4n) is 1.69. The van der Waals surface area contributed by atoms with E-state index in [0.29, 0.717) is 5.56 Å². The second-order valence-corrected chi connectivity index (χ2v) is 5.17. The van der Waals surface area contributed by atoms with Gasteiger partial charge in [-0.15, -0.1) is 11.3 Å². The molecule has 0 aliphatic carbocycles. The third kappa shape index (κ3) is 2.36. The molecular formula is C12H14FN3S. The van der Waals surface area contributed by atoms with E-state index in [0.717, 1.165) is 4.88 Å². The normalized spacial score (nSPS) is 12.7. The maximum Gasteiger partial charge on any atom is 0.146 e. The van der Waals surface area contributed by atoms with Gasteiger partial charge in [0.05, 0.1) is 12.2 Å². The highest BCUT2D eigenvalue weighted by Gasteiger charge is 2.18. The fourth-order valence-corrected chi connectivity index (χ4v) is 2.81. The summed E-state index contributed by atoms with van der Waals surface area (Å²) in [7, 11) is 0. The number of pyridine rings is 1. The number of hydrogen-bond acceptors (Lipinski definition) is 4. The van der Waals surface area contributed by atoms with Gasteiger partial charge in [0.15, 0.2) is 0 Å². The molecule has 3 N–H and O–H groups in total. The molecule has 0 radical (unpaired) electrons. The predicted molar refractivity (Wildman–Crippen MR) is 67.2 cm³/mol. The first kappa shape index (κ1) is 12.2. The van der Waals surface area contributed by atoms with E-state index < -0.39 is 0 Å².